The summed E-state index contributed by atoms with van der Waals surface area (Å²) < 4.78 is 13.2. The van der Waals surface area contributed by atoms with Crippen LogP contribution in [0, 0.1) is 11.8 Å². The number of aromatic nitrogens is 1. The van der Waals surface area contributed by atoms with Gasteiger partial charge in [-0.1, -0.05) is 33.6 Å². The Hall–Kier alpha value is -2.70. The summed E-state index contributed by atoms with van der Waals surface area (Å²) in [5.41, 5.74) is 0.354. The fraction of sp³-hybridized carbons (Fsp3) is 0.630. The number of fused-ring (bicyclic) bond motifs is 3. The molecular formula is C27H39N3O4. The molecule has 1 N–H and O–H groups in total. The van der Waals surface area contributed by atoms with Gasteiger partial charge in [-0.05, 0) is 56.2 Å². The first-order valence-electron chi connectivity index (χ1n) is 12.6. The first-order chi connectivity index (χ1) is 16.2. The average Bonchev–Trinajstić information content (AvgIpc) is 3.19. The Kier molecular flexibility index (Phi) is 6.83. The summed E-state index contributed by atoms with van der Waals surface area (Å²) >= 11 is 0. The van der Waals surface area contributed by atoms with Crippen LogP contribution >= 0.6 is 0 Å². The summed E-state index contributed by atoms with van der Waals surface area (Å²) in [6.07, 6.45) is 5.30. The van der Waals surface area contributed by atoms with Gasteiger partial charge in [-0.15, -0.1) is 0 Å². The summed E-state index contributed by atoms with van der Waals surface area (Å²) in [5.74, 6) is 2.01. The van der Waals surface area contributed by atoms with Crippen LogP contribution in [-0.2, 0) is 11.3 Å². The molecule has 1 saturated carbocycles. The van der Waals surface area contributed by atoms with Gasteiger partial charge in [-0.2, -0.15) is 0 Å². The second-order valence-electron chi connectivity index (χ2n) is 10.6. The zero-order valence-electron chi connectivity index (χ0n) is 21.4. The Morgan fingerprint density at radius 2 is 1.85 bits per heavy atom. The van der Waals surface area contributed by atoms with Crippen LogP contribution in [0.25, 0.3) is 10.9 Å². The van der Waals surface area contributed by atoms with Crippen molar-refractivity contribution in [1.29, 1.82) is 0 Å². The molecule has 1 aliphatic carbocycles. The number of methoxy groups -OCH3 is 2. The van der Waals surface area contributed by atoms with Gasteiger partial charge >= 0.3 is 0 Å². The maximum absolute atomic E-state index is 13.9. The standard InChI is InChI=1S/C27H39N3O4/c1-17(2)13-14-30-25(31)21-15-19-22(33-5)11-12-23(34-6)24(19)29(21)16-27(30,4)26(32)28-20-10-8-7-9-18(20)3/h11-12,15,17-18,20H,7-10,13-14,16H2,1-6H3,(H,28,32)/t18-,20+,27+/m0/s1. The summed E-state index contributed by atoms with van der Waals surface area (Å²) in [6, 6.07) is 5.73. The van der Waals surface area contributed by atoms with Crippen molar-refractivity contribution < 1.29 is 19.1 Å². The Balaban J connectivity index is 1.80. The Bertz CT molecular complexity index is 1080. The molecule has 1 aromatic carbocycles. The van der Waals surface area contributed by atoms with Crippen LogP contribution in [0.5, 0.6) is 11.5 Å². The van der Waals surface area contributed by atoms with Crippen LogP contribution < -0.4 is 14.8 Å². The number of carbonyl (C=O) groups excluding carboxylic acids is 2. The normalized spacial score (nSPS) is 24.9. The molecule has 0 saturated heterocycles. The average molecular weight is 470 g/mol. The molecule has 3 atom stereocenters. The lowest BCUT2D eigenvalue weighted by Crippen LogP contribution is -2.65. The maximum atomic E-state index is 13.9. The van der Waals surface area contributed by atoms with Crippen LogP contribution in [0.4, 0.5) is 0 Å². The molecule has 186 valence electrons. The van der Waals surface area contributed by atoms with Gasteiger partial charge in [0.2, 0.25) is 5.91 Å². The monoisotopic (exact) mass is 469 g/mol. The van der Waals surface area contributed by atoms with Crippen molar-refractivity contribution in [3.8, 4) is 11.5 Å². The number of ether oxygens (including phenoxy) is 2. The van der Waals surface area contributed by atoms with Crippen molar-refractivity contribution in [3.05, 3.63) is 23.9 Å². The molecule has 0 bridgehead atoms. The van der Waals surface area contributed by atoms with Gasteiger partial charge in [-0.25, -0.2) is 0 Å². The highest BCUT2D eigenvalue weighted by atomic mass is 16.5. The van der Waals surface area contributed by atoms with E-state index >= 15 is 0 Å². The van der Waals surface area contributed by atoms with Crippen LogP contribution in [0.2, 0.25) is 0 Å². The van der Waals surface area contributed by atoms with Gasteiger partial charge in [0.05, 0.1) is 26.3 Å². The van der Waals surface area contributed by atoms with E-state index in [1.807, 2.05) is 29.7 Å². The Morgan fingerprint density at radius 1 is 1.18 bits per heavy atom. The number of carbonyl (C=O) groups is 2. The molecule has 0 unspecified atom stereocenters. The number of rotatable bonds is 7. The van der Waals surface area contributed by atoms with Crippen LogP contribution in [0.1, 0.15) is 70.3 Å². The maximum Gasteiger partial charge on any atom is 0.271 e. The molecule has 7 heteroatoms. The molecule has 0 radical (unpaired) electrons. The largest absolute Gasteiger partial charge is 0.496 e. The fourth-order valence-electron chi connectivity index (χ4n) is 5.55. The van der Waals surface area contributed by atoms with E-state index in [1.165, 1.54) is 6.42 Å². The number of hydrogen-bond donors (Lipinski definition) is 1. The number of nitrogens with zero attached hydrogens (tertiary/aromatic N) is 2. The quantitative estimate of drug-likeness (QED) is 0.643. The lowest BCUT2D eigenvalue weighted by atomic mass is 9.85. The SMILES string of the molecule is COc1ccc(OC)c2c1cc1n2C[C@](C)(C(=O)N[C@@H]2CCCC[C@@H]2C)N(CCC(C)C)C1=O. The summed E-state index contributed by atoms with van der Waals surface area (Å²) in [5, 5.41) is 4.16. The van der Waals surface area contributed by atoms with Crippen molar-refractivity contribution in [2.24, 2.45) is 11.8 Å². The van der Waals surface area contributed by atoms with Crippen LogP contribution in [-0.4, -0.2) is 53.6 Å². The molecule has 2 aliphatic rings. The molecule has 7 nitrogen and oxygen atoms in total. The summed E-state index contributed by atoms with van der Waals surface area (Å²) in [4.78, 5) is 29.6. The smallest absolute Gasteiger partial charge is 0.271 e. The predicted octanol–water partition coefficient (Wildman–Crippen LogP) is 4.61. The third-order valence-electron chi connectivity index (χ3n) is 7.79. The van der Waals surface area contributed by atoms with Crippen molar-refractivity contribution in [2.45, 2.75) is 77.9 Å². The molecule has 0 spiro atoms. The lowest BCUT2D eigenvalue weighted by Gasteiger charge is -2.45. The second kappa shape index (κ2) is 9.51. The molecule has 1 fully saturated rings. The van der Waals surface area contributed by atoms with E-state index < -0.39 is 5.54 Å². The molecule has 2 amide bonds. The first-order valence-corrected chi connectivity index (χ1v) is 12.6. The summed E-state index contributed by atoms with van der Waals surface area (Å²) in [7, 11) is 3.24. The van der Waals surface area contributed by atoms with Gasteiger partial charge in [0.15, 0.2) is 0 Å². The number of benzene rings is 1. The van der Waals surface area contributed by atoms with E-state index in [0.29, 0.717) is 42.1 Å². The molecule has 4 rings (SSSR count). The highest BCUT2D eigenvalue weighted by Crippen LogP contribution is 2.40. The molecule has 34 heavy (non-hydrogen) atoms. The van der Waals surface area contributed by atoms with Gasteiger partial charge in [0.25, 0.3) is 5.91 Å². The van der Waals surface area contributed by atoms with Crippen molar-refractivity contribution in [1.82, 2.24) is 14.8 Å². The van der Waals surface area contributed by atoms with Gasteiger partial charge in [0.1, 0.15) is 22.7 Å². The number of amides is 2. The van der Waals surface area contributed by atoms with Gasteiger partial charge < -0.3 is 24.3 Å². The number of hydrogen-bond acceptors (Lipinski definition) is 4. The Morgan fingerprint density at radius 3 is 2.50 bits per heavy atom. The van der Waals surface area contributed by atoms with Crippen molar-refractivity contribution in [3.63, 3.8) is 0 Å². The summed E-state index contributed by atoms with van der Waals surface area (Å²) in [6.45, 7) is 9.31. The van der Waals surface area contributed by atoms with Crippen molar-refractivity contribution in [2.75, 3.05) is 20.8 Å². The Labute approximate surface area is 202 Å². The molecular weight excluding hydrogens is 430 g/mol. The van der Waals surface area contributed by atoms with E-state index in [0.717, 1.165) is 36.6 Å². The topological polar surface area (TPSA) is 72.8 Å². The van der Waals surface area contributed by atoms with Gasteiger partial charge in [-0.3, -0.25) is 9.59 Å². The predicted molar refractivity (Wildman–Crippen MR) is 134 cm³/mol. The molecule has 2 heterocycles. The van der Waals surface area contributed by atoms with Gasteiger partial charge in [0, 0.05) is 18.0 Å². The fourth-order valence-corrected chi connectivity index (χ4v) is 5.55. The highest BCUT2D eigenvalue weighted by molar-refractivity contribution is 6.05. The second-order valence-corrected chi connectivity index (χ2v) is 10.6. The van der Waals surface area contributed by atoms with E-state index in [2.05, 4.69) is 26.1 Å². The highest BCUT2D eigenvalue weighted by Gasteiger charge is 2.48. The van der Waals surface area contributed by atoms with E-state index in [-0.39, 0.29) is 17.9 Å². The molecule has 1 aromatic heterocycles. The zero-order valence-corrected chi connectivity index (χ0v) is 21.4. The molecule has 2 aromatic rings. The van der Waals surface area contributed by atoms with Crippen LogP contribution in [0.15, 0.2) is 18.2 Å². The van der Waals surface area contributed by atoms with Crippen molar-refractivity contribution >= 4 is 22.7 Å². The lowest BCUT2D eigenvalue weighted by molar-refractivity contribution is -0.134. The minimum atomic E-state index is -1.00. The van der Waals surface area contributed by atoms with E-state index in [9.17, 15) is 9.59 Å². The van der Waals surface area contributed by atoms with E-state index in [4.69, 9.17) is 9.47 Å². The van der Waals surface area contributed by atoms with Crippen LogP contribution in [0.3, 0.4) is 0 Å². The zero-order chi connectivity index (χ0) is 24.6. The minimum absolute atomic E-state index is 0.0716. The van der Waals surface area contributed by atoms with E-state index in [1.54, 1.807) is 19.1 Å². The molecule has 1 aliphatic heterocycles. The first kappa shape index (κ1) is 24.4. The third-order valence-corrected chi connectivity index (χ3v) is 7.79. The number of nitrogens with one attached hydrogen (secondary N) is 1. The third kappa shape index (κ3) is 4.14. The minimum Gasteiger partial charge on any atom is -0.496 e.